The van der Waals surface area contributed by atoms with Crippen LogP contribution < -0.4 is 4.74 Å². The van der Waals surface area contributed by atoms with Crippen LogP contribution in [0.4, 0.5) is 0 Å². The van der Waals surface area contributed by atoms with Gasteiger partial charge in [0.1, 0.15) is 5.75 Å². The van der Waals surface area contributed by atoms with Crippen molar-refractivity contribution in [1.29, 1.82) is 0 Å². The van der Waals surface area contributed by atoms with Crippen LogP contribution in [-0.2, 0) is 20.9 Å². The molecule has 0 fully saturated rings. The smallest absolute Gasteiger partial charge is 0.337 e. The normalized spacial score (nSPS) is 19.1. The van der Waals surface area contributed by atoms with Crippen molar-refractivity contribution in [2.24, 2.45) is 10.9 Å². The van der Waals surface area contributed by atoms with Gasteiger partial charge >= 0.3 is 5.97 Å². The number of amides is 1. The first-order valence-corrected chi connectivity index (χ1v) is 7.99. The summed E-state index contributed by atoms with van der Waals surface area (Å²) in [7, 11) is 2.89. The number of hydrogen-bond donors (Lipinski definition) is 0. The molecule has 128 valence electrons. The average molecular weight is 356 g/mol. The minimum atomic E-state index is -0.550. The molecule has 0 radical (unpaired) electrons. The summed E-state index contributed by atoms with van der Waals surface area (Å²) in [5, 5.41) is 0.176. The maximum Gasteiger partial charge on any atom is 0.337 e. The Morgan fingerprint density at radius 3 is 2.88 bits per heavy atom. The Kier molecular flexibility index (Phi) is 4.76. The van der Waals surface area contributed by atoms with Crippen molar-refractivity contribution < 1.29 is 19.1 Å². The molecule has 1 amide bonds. The largest absolute Gasteiger partial charge is 0.497 e. The van der Waals surface area contributed by atoms with Crippen molar-refractivity contribution in [1.82, 2.24) is 4.90 Å². The Hall–Kier alpha value is -2.80. The van der Waals surface area contributed by atoms with E-state index in [0.717, 1.165) is 5.56 Å². The summed E-state index contributed by atoms with van der Waals surface area (Å²) < 4.78 is 9.89. The average Bonchev–Trinajstić information content (AvgIpc) is 2.64. The number of fused-ring (bicyclic) bond motifs is 1. The molecule has 1 aromatic carbocycles. The minimum absolute atomic E-state index is 0.172. The molecular formula is C18H16N2O4S. The lowest BCUT2D eigenvalue weighted by Crippen LogP contribution is -2.45. The van der Waals surface area contributed by atoms with E-state index in [1.54, 1.807) is 25.3 Å². The van der Waals surface area contributed by atoms with E-state index in [0.29, 0.717) is 23.6 Å². The fourth-order valence-electron chi connectivity index (χ4n) is 2.68. The summed E-state index contributed by atoms with van der Waals surface area (Å²) in [5.74, 6) is -0.491. The fourth-order valence-corrected chi connectivity index (χ4v) is 2.94. The number of esters is 1. The molecule has 7 heteroatoms. The zero-order valence-electron chi connectivity index (χ0n) is 13.8. The summed E-state index contributed by atoms with van der Waals surface area (Å²) >= 11 is 5.28. The van der Waals surface area contributed by atoms with Crippen molar-refractivity contribution in [3.8, 4) is 5.75 Å². The number of hydrogen-bond acceptors (Lipinski definition) is 5. The molecule has 1 atom stereocenters. The van der Waals surface area contributed by atoms with Gasteiger partial charge in [0.05, 0.1) is 38.0 Å². The highest BCUT2D eigenvalue weighted by molar-refractivity contribution is 7.80. The number of nitrogens with zero attached hydrogens (tertiary/aromatic N) is 2. The van der Waals surface area contributed by atoms with Crippen LogP contribution >= 0.6 is 12.2 Å². The van der Waals surface area contributed by atoms with Gasteiger partial charge in [-0.25, -0.2) is 9.79 Å². The van der Waals surface area contributed by atoms with E-state index in [4.69, 9.17) is 21.7 Å². The molecule has 2 aliphatic rings. The van der Waals surface area contributed by atoms with Crippen molar-refractivity contribution >= 4 is 34.9 Å². The van der Waals surface area contributed by atoms with Crippen LogP contribution in [-0.4, -0.2) is 41.8 Å². The van der Waals surface area contributed by atoms with E-state index in [1.165, 1.54) is 12.0 Å². The highest BCUT2D eigenvalue weighted by atomic mass is 32.1. The van der Waals surface area contributed by atoms with Gasteiger partial charge < -0.3 is 9.47 Å². The van der Waals surface area contributed by atoms with E-state index in [2.05, 4.69) is 4.99 Å². The molecule has 0 spiro atoms. The monoisotopic (exact) mass is 356 g/mol. The first kappa shape index (κ1) is 17.0. The number of carbonyl (C=O) groups excluding carboxylic acids is 2. The van der Waals surface area contributed by atoms with Gasteiger partial charge in [-0.05, 0) is 36.0 Å². The van der Waals surface area contributed by atoms with Crippen LogP contribution in [0.2, 0.25) is 0 Å². The topological polar surface area (TPSA) is 68.2 Å². The lowest BCUT2D eigenvalue weighted by molar-refractivity contribution is -0.135. The Morgan fingerprint density at radius 1 is 1.36 bits per heavy atom. The number of methoxy groups -OCH3 is 2. The Bertz CT molecular complexity index is 841. The third-order valence-corrected chi connectivity index (χ3v) is 4.29. The number of rotatable bonds is 4. The quantitative estimate of drug-likeness (QED) is 0.610. The van der Waals surface area contributed by atoms with Crippen LogP contribution in [0.25, 0.3) is 0 Å². The van der Waals surface area contributed by atoms with Crippen LogP contribution in [0.5, 0.6) is 5.75 Å². The molecule has 0 saturated heterocycles. The number of aliphatic imine (C=N–C) groups is 1. The van der Waals surface area contributed by atoms with Crippen LogP contribution in [0.1, 0.15) is 5.56 Å². The predicted molar refractivity (Wildman–Crippen MR) is 96.3 cm³/mol. The van der Waals surface area contributed by atoms with Gasteiger partial charge in [-0.1, -0.05) is 24.3 Å². The Morgan fingerprint density at radius 2 is 2.16 bits per heavy atom. The number of thiocarbonyl (C=S) groups is 1. The van der Waals surface area contributed by atoms with E-state index in [9.17, 15) is 9.59 Å². The summed E-state index contributed by atoms with van der Waals surface area (Å²) in [6, 6.07) is 7.43. The van der Waals surface area contributed by atoms with E-state index >= 15 is 0 Å². The second-order valence-corrected chi connectivity index (χ2v) is 5.89. The maximum absolute atomic E-state index is 12.8. The van der Waals surface area contributed by atoms with Crippen molar-refractivity contribution in [2.45, 2.75) is 6.54 Å². The van der Waals surface area contributed by atoms with E-state index in [-0.39, 0.29) is 11.0 Å². The zero-order valence-corrected chi connectivity index (χ0v) is 14.6. The lowest BCUT2D eigenvalue weighted by atomic mass is 9.92. The van der Waals surface area contributed by atoms with Gasteiger partial charge in [-0.2, -0.15) is 0 Å². The summed E-state index contributed by atoms with van der Waals surface area (Å²) in [6.45, 7) is 0.309. The molecule has 0 N–H and O–H groups in total. The lowest BCUT2D eigenvalue weighted by Gasteiger charge is -2.30. The number of ether oxygens (including phenoxy) is 2. The molecule has 1 unspecified atom stereocenters. The van der Waals surface area contributed by atoms with Gasteiger partial charge in [0, 0.05) is 0 Å². The molecule has 0 aromatic heterocycles. The van der Waals surface area contributed by atoms with Crippen molar-refractivity contribution in [2.75, 3.05) is 14.2 Å². The van der Waals surface area contributed by atoms with Crippen LogP contribution in [0, 0.1) is 5.92 Å². The summed E-state index contributed by atoms with van der Waals surface area (Å²) in [5.41, 5.74) is 1.69. The minimum Gasteiger partial charge on any atom is -0.497 e. The Balaban J connectivity index is 1.86. The van der Waals surface area contributed by atoms with Crippen molar-refractivity contribution in [3.05, 3.63) is 53.6 Å². The molecular weight excluding hydrogens is 340 g/mol. The van der Waals surface area contributed by atoms with E-state index < -0.39 is 11.9 Å². The first-order chi connectivity index (χ1) is 12.0. The summed E-state index contributed by atoms with van der Waals surface area (Å²) in [4.78, 5) is 30.2. The molecule has 1 heterocycles. The predicted octanol–water partition coefficient (Wildman–Crippen LogP) is 2.05. The van der Waals surface area contributed by atoms with Crippen LogP contribution in [0.15, 0.2) is 53.1 Å². The molecule has 6 nitrogen and oxygen atoms in total. The molecule has 1 aromatic rings. The third-order valence-electron chi connectivity index (χ3n) is 3.97. The van der Waals surface area contributed by atoms with Gasteiger partial charge in [0.25, 0.3) is 0 Å². The van der Waals surface area contributed by atoms with E-state index in [1.807, 2.05) is 24.3 Å². The molecule has 25 heavy (non-hydrogen) atoms. The zero-order chi connectivity index (χ0) is 18.0. The van der Waals surface area contributed by atoms with Gasteiger partial charge in [0.2, 0.25) is 11.0 Å². The number of carbonyl (C=O) groups is 2. The number of benzene rings is 1. The van der Waals surface area contributed by atoms with Gasteiger partial charge in [-0.15, -0.1) is 0 Å². The van der Waals surface area contributed by atoms with Gasteiger partial charge in [0.15, 0.2) is 0 Å². The SMILES string of the molecule is COC(=O)C1=CC2=NC(=S)N(Cc3cccc(OC)c3)C(=O)C2C=C1. The third kappa shape index (κ3) is 3.36. The van der Waals surface area contributed by atoms with Crippen LogP contribution in [0.3, 0.4) is 0 Å². The molecule has 1 aliphatic carbocycles. The molecule has 1 aliphatic heterocycles. The Labute approximate surface area is 150 Å². The highest BCUT2D eigenvalue weighted by Gasteiger charge is 2.35. The maximum atomic E-state index is 12.8. The van der Waals surface area contributed by atoms with Crippen molar-refractivity contribution in [3.63, 3.8) is 0 Å². The molecule has 0 bridgehead atoms. The molecule has 0 saturated carbocycles. The highest BCUT2D eigenvalue weighted by Crippen LogP contribution is 2.25. The number of allylic oxidation sites excluding steroid dienone is 1. The molecule has 3 rings (SSSR count). The standard InChI is InChI=1S/C18H16N2O4S/c1-23-13-5-3-4-11(8-13)10-20-16(21)14-7-6-12(17(22)24-2)9-15(14)19-18(20)25/h3-9,14H,10H2,1-2H3. The second kappa shape index (κ2) is 6.98. The second-order valence-electron chi connectivity index (χ2n) is 5.52. The summed E-state index contributed by atoms with van der Waals surface area (Å²) in [6.07, 6.45) is 4.77. The fraction of sp³-hybridized carbons (Fsp3) is 0.222. The van der Waals surface area contributed by atoms with Gasteiger partial charge in [-0.3, -0.25) is 9.69 Å². The first-order valence-electron chi connectivity index (χ1n) is 7.58.